The van der Waals surface area contributed by atoms with Crippen LogP contribution in [0, 0.1) is 45.8 Å². The minimum absolute atomic E-state index is 0.00179. The second-order valence-electron chi connectivity index (χ2n) is 12.1. The van der Waals surface area contributed by atoms with E-state index in [1.54, 1.807) is 6.26 Å². The average Bonchev–Trinajstić information content (AvgIpc) is 3.49. The molecule has 7 atom stereocenters. The Hall–Kier alpha value is -3.07. The number of amides is 1. The van der Waals surface area contributed by atoms with E-state index in [0.29, 0.717) is 23.5 Å². The van der Waals surface area contributed by atoms with Crippen molar-refractivity contribution in [2.24, 2.45) is 40.2 Å². The van der Waals surface area contributed by atoms with Gasteiger partial charge < -0.3 is 14.9 Å². The second-order valence-corrected chi connectivity index (χ2v) is 12.1. The summed E-state index contributed by atoms with van der Waals surface area (Å²) in [6, 6.07) is 5.80. The molecule has 1 amide bonds. The third-order valence-electron chi connectivity index (χ3n) is 10.4. The van der Waals surface area contributed by atoms with E-state index in [2.05, 4.69) is 26.0 Å². The van der Waals surface area contributed by atoms with Crippen LogP contribution < -0.4 is 5.73 Å². The SMILES string of the molecule is CC(=O)O[C@H]1CC[C@@]2(C)C(=CC[C@H]3[C@@H]4CC[C@H](C(/C=C/c5ccco5)=C(\C#N)C(N)=O)[C@@]4(C)CC[C@@H]32)C1. The highest BCUT2D eigenvalue weighted by molar-refractivity contribution is 5.97. The smallest absolute Gasteiger partial charge is 0.302 e. The average molecular weight is 503 g/mol. The summed E-state index contributed by atoms with van der Waals surface area (Å²) < 4.78 is 11.1. The lowest BCUT2D eigenvalue weighted by atomic mass is 9.47. The number of rotatable bonds is 5. The molecule has 3 fully saturated rings. The lowest BCUT2D eigenvalue weighted by Crippen LogP contribution is -2.50. The minimum Gasteiger partial charge on any atom is -0.465 e. The van der Waals surface area contributed by atoms with Gasteiger partial charge in [0.25, 0.3) is 5.91 Å². The Balaban J connectivity index is 1.45. The van der Waals surface area contributed by atoms with E-state index in [0.717, 1.165) is 56.9 Å². The summed E-state index contributed by atoms with van der Waals surface area (Å²) in [6.45, 7) is 6.31. The minimum atomic E-state index is -0.662. The molecular weight excluding hydrogens is 464 g/mol. The van der Waals surface area contributed by atoms with Crippen LogP contribution in [0.2, 0.25) is 0 Å². The van der Waals surface area contributed by atoms with Gasteiger partial charge in [-0.25, -0.2) is 0 Å². The van der Waals surface area contributed by atoms with Gasteiger partial charge in [-0.1, -0.05) is 31.6 Å². The Morgan fingerprint density at radius 2 is 2.00 bits per heavy atom. The number of carbonyl (C=O) groups is 2. The van der Waals surface area contributed by atoms with Crippen LogP contribution in [0.4, 0.5) is 0 Å². The van der Waals surface area contributed by atoms with Crippen LogP contribution in [0.3, 0.4) is 0 Å². The molecule has 1 aromatic heterocycles. The molecule has 0 bridgehead atoms. The molecule has 0 radical (unpaired) electrons. The van der Waals surface area contributed by atoms with Crippen molar-refractivity contribution < 1.29 is 18.7 Å². The van der Waals surface area contributed by atoms with Crippen molar-refractivity contribution in [1.82, 2.24) is 0 Å². The van der Waals surface area contributed by atoms with Crippen LogP contribution in [-0.4, -0.2) is 18.0 Å². The molecule has 1 aromatic rings. The van der Waals surface area contributed by atoms with Crippen LogP contribution in [0.1, 0.15) is 77.9 Å². The number of ether oxygens (including phenoxy) is 1. The Kier molecular flexibility index (Phi) is 6.68. The fraction of sp³-hybridized carbons (Fsp3) is 0.581. The number of carbonyl (C=O) groups excluding carboxylic acids is 2. The quantitative estimate of drug-likeness (QED) is 0.172. The first-order valence-corrected chi connectivity index (χ1v) is 13.7. The molecule has 1 heterocycles. The number of fused-ring (bicyclic) bond motifs is 5. The molecule has 37 heavy (non-hydrogen) atoms. The third-order valence-corrected chi connectivity index (χ3v) is 10.4. The van der Waals surface area contributed by atoms with Crippen molar-refractivity contribution in [1.29, 1.82) is 5.26 Å². The Labute approximate surface area is 219 Å². The Morgan fingerprint density at radius 3 is 2.68 bits per heavy atom. The zero-order valence-electron chi connectivity index (χ0n) is 22.2. The van der Waals surface area contributed by atoms with Gasteiger partial charge in [0.15, 0.2) is 0 Å². The van der Waals surface area contributed by atoms with Crippen LogP contribution in [0.25, 0.3) is 6.08 Å². The molecule has 0 spiro atoms. The summed E-state index contributed by atoms with van der Waals surface area (Å²) in [5.74, 6) is 1.65. The number of hydrogen-bond donors (Lipinski definition) is 1. The molecule has 196 valence electrons. The fourth-order valence-corrected chi connectivity index (χ4v) is 8.67. The van der Waals surface area contributed by atoms with E-state index < -0.39 is 5.91 Å². The highest BCUT2D eigenvalue weighted by atomic mass is 16.5. The number of nitriles is 1. The molecule has 6 nitrogen and oxygen atoms in total. The maximum Gasteiger partial charge on any atom is 0.302 e. The number of hydrogen-bond acceptors (Lipinski definition) is 5. The van der Waals surface area contributed by atoms with Crippen molar-refractivity contribution in [2.45, 2.75) is 78.2 Å². The Bertz CT molecular complexity index is 1200. The van der Waals surface area contributed by atoms with Gasteiger partial charge >= 0.3 is 5.97 Å². The summed E-state index contributed by atoms with van der Waals surface area (Å²) in [5.41, 5.74) is 8.16. The van der Waals surface area contributed by atoms with Crippen LogP contribution in [0.5, 0.6) is 0 Å². The van der Waals surface area contributed by atoms with Gasteiger partial charge in [-0.3, -0.25) is 9.59 Å². The molecule has 0 saturated heterocycles. The van der Waals surface area contributed by atoms with Gasteiger partial charge in [0.05, 0.1) is 6.26 Å². The molecule has 5 rings (SSSR count). The third kappa shape index (κ3) is 4.37. The maximum absolute atomic E-state index is 12.3. The summed E-state index contributed by atoms with van der Waals surface area (Å²) in [5, 5.41) is 9.89. The van der Waals surface area contributed by atoms with Gasteiger partial charge in [0.1, 0.15) is 23.5 Å². The van der Waals surface area contributed by atoms with E-state index in [9.17, 15) is 14.9 Å². The highest BCUT2D eigenvalue weighted by Gasteiger charge is 2.59. The first-order valence-electron chi connectivity index (χ1n) is 13.7. The number of nitrogens with two attached hydrogens (primary N) is 1. The van der Waals surface area contributed by atoms with Gasteiger partial charge in [0.2, 0.25) is 0 Å². The Morgan fingerprint density at radius 1 is 1.19 bits per heavy atom. The summed E-state index contributed by atoms with van der Waals surface area (Å²) in [4.78, 5) is 23.9. The summed E-state index contributed by atoms with van der Waals surface area (Å²) >= 11 is 0. The molecule has 4 aliphatic carbocycles. The number of allylic oxidation sites excluding steroid dienone is 3. The van der Waals surface area contributed by atoms with Gasteiger partial charge in [-0.2, -0.15) is 5.26 Å². The van der Waals surface area contributed by atoms with E-state index in [1.807, 2.05) is 24.3 Å². The molecule has 4 aliphatic rings. The molecule has 3 saturated carbocycles. The van der Waals surface area contributed by atoms with Crippen LogP contribution in [0.15, 0.2) is 51.7 Å². The number of primary amides is 1. The molecule has 0 aromatic carbocycles. The molecular formula is C31H38N2O4. The lowest BCUT2D eigenvalue weighted by Gasteiger charge is -2.58. The molecule has 0 unspecified atom stereocenters. The maximum atomic E-state index is 12.3. The van der Waals surface area contributed by atoms with Crippen molar-refractivity contribution in [3.63, 3.8) is 0 Å². The first kappa shape index (κ1) is 25.6. The van der Waals surface area contributed by atoms with Crippen molar-refractivity contribution in [3.8, 4) is 6.07 Å². The molecule has 6 heteroatoms. The van der Waals surface area contributed by atoms with Gasteiger partial charge in [-0.05, 0) is 103 Å². The predicted molar refractivity (Wildman–Crippen MR) is 140 cm³/mol. The van der Waals surface area contributed by atoms with E-state index in [1.165, 1.54) is 12.5 Å². The first-order chi connectivity index (χ1) is 17.7. The van der Waals surface area contributed by atoms with E-state index in [4.69, 9.17) is 14.9 Å². The van der Waals surface area contributed by atoms with Gasteiger partial charge in [-0.15, -0.1) is 0 Å². The van der Waals surface area contributed by atoms with Crippen molar-refractivity contribution >= 4 is 18.0 Å². The zero-order valence-corrected chi connectivity index (χ0v) is 22.2. The second kappa shape index (κ2) is 9.67. The number of furan rings is 1. The number of nitrogens with zero attached hydrogens (tertiary/aromatic N) is 1. The summed E-state index contributed by atoms with van der Waals surface area (Å²) in [7, 11) is 0. The highest BCUT2D eigenvalue weighted by Crippen LogP contribution is 2.67. The predicted octanol–water partition coefficient (Wildman–Crippen LogP) is 6.11. The standard InChI is InChI=1S/C31H38N2O4/c1-19(34)37-22-12-14-30(2)20(17-22)6-8-24-27-11-10-26(31(27,3)15-13-28(24)30)23(25(18-32)29(33)35)9-7-21-5-4-16-36-21/h4-7,9,16,22,24,26-28H,8,10-15,17H2,1-3H3,(H2,33,35)/b9-7+,25-23+/t22-,24-,26+,27-,28-,30-,31+/m0/s1. The fourth-order valence-electron chi connectivity index (χ4n) is 8.67. The lowest BCUT2D eigenvalue weighted by molar-refractivity contribution is -0.148. The van der Waals surface area contributed by atoms with E-state index in [-0.39, 0.29) is 34.4 Å². The van der Waals surface area contributed by atoms with Crippen molar-refractivity contribution in [3.05, 3.63) is 53.0 Å². The van der Waals surface area contributed by atoms with E-state index >= 15 is 0 Å². The molecule has 2 N–H and O–H groups in total. The van der Waals surface area contributed by atoms with Crippen molar-refractivity contribution in [2.75, 3.05) is 0 Å². The van der Waals surface area contributed by atoms with Gasteiger partial charge in [0, 0.05) is 13.3 Å². The zero-order chi connectivity index (χ0) is 26.4. The largest absolute Gasteiger partial charge is 0.465 e. The monoisotopic (exact) mass is 502 g/mol. The van der Waals surface area contributed by atoms with Crippen LogP contribution in [-0.2, 0) is 14.3 Å². The molecule has 0 aliphatic heterocycles. The topological polar surface area (TPSA) is 106 Å². The van der Waals surface area contributed by atoms with Crippen LogP contribution >= 0.6 is 0 Å². The number of esters is 1. The normalized spacial score (nSPS) is 37.5. The summed E-state index contributed by atoms with van der Waals surface area (Å²) in [6.07, 6.45) is 15.9.